The molecule has 0 N–H and O–H groups in total. The van der Waals surface area contributed by atoms with Crippen LogP contribution in [-0.2, 0) is 6.42 Å². The molecule has 0 unspecified atom stereocenters. The maximum Gasteiger partial charge on any atom is 0.200 e. The lowest BCUT2D eigenvalue weighted by atomic mass is 9.75. The van der Waals surface area contributed by atoms with E-state index in [0.717, 1.165) is 57.8 Å². The van der Waals surface area contributed by atoms with Crippen LogP contribution in [0.3, 0.4) is 0 Å². The first-order chi connectivity index (χ1) is 17.4. The maximum atomic E-state index is 15.2. The lowest BCUT2D eigenvalue weighted by Gasteiger charge is -2.30. The molecule has 5 heteroatoms. The van der Waals surface area contributed by atoms with Crippen molar-refractivity contribution < 1.29 is 22.3 Å². The van der Waals surface area contributed by atoms with Crippen LogP contribution in [0.15, 0.2) is 36.4 Å². The highest BCUT2D eigenvalue weighted by molar-refractivity contribution is 5.33. The predicted octanol–water partition coefficient (Wildman–Crippen LogP) is 9.40. The Morgan fingerprint density at radius 3 is 1.89 bits per heavy atom. The second-order valence-corrected chi connectivity index (χ2v) is 10.5. The minimum atomic E-state index is -0.926. The normalized spacial score (nSPS) is 24.8. The van der Waals surface area contributed by atoms with E-state index in [1.807, 2.05) is 19.1 Å². The quantitative estimate of drug-likeness (QED) is 0.258. The minimum Gasteiger partial charge on any atom is -0.491 e. The van der Waals surface area contributed by atoms with Crippen molar-refractivity contribution in [1.29, 1.82) is 0 Å². The molecule has 196 valence electrons. The van der Waals surface area contributed by atoms with Crippen molar-refractivity contribution >= 4 is 0 Å². The molecule has 0 aromatic heterocycles. The predicted molar refractivity (Wildman–Crippen MR) is 136 cm³/mol. The fraction of sp³-hybridized carbons (Fsp3) is 0.548. The van der Waals surface area contributed by atoms with E-state index >= 15 is 8.78 Å². The Morgan fingerprint density at radius 2 is 1.33 bits per heavy atom. The number of halogens is 4. The van der Waals surface area contributed by atoms with Crippen molar-refractivity contribution in [2.45, 2.75) is 89.9 Å². The van der Waals surface area contributed by atoms with E-state index < -0.39 is 23.3 Å². The molecule has 36 heavy (non-hydrogen) atoms. The van der Waals surface area contributed by atoms with E-state index in [4.69, 9.17) is 4.74 Å². The van der Waals surface area contributed by atoms with E-state index in [2.05, 4.69) is 12.2 Å². The summed E-state index contributed by atoms with van der Waals surface area (Å²) in [5.74, 6) is -2.11. The molecule has 2 aromatic carbocycles. The molecule has 2 fully saturated rings. The molecule has 0 aliphatic heterocycles. The van der Waals surface area contributed by atoms with E-state index in [-0.39, 0.29) is 24.2 Å². The van der Waals surface area contributed by atoms with E-state index in [1.165, 1.54) is 6.07 Å². The molecule has 0 amide bonds. The minimum absolute atomic E-state index is 0.00915. The van der Waals surface area contributed by atoms with Crippen LogP contribution < -0.4 is 4.74 Å². The van der Waals surface area contributed by atoms with Crippen molar-refractivity contribution in [1.82, 2.24) is 0 Å². The Balaban J connectivity index is 1.32. The van der Waals surface area contributed by atoms with Gasteiger partial charge in [-0.05, 0) is 124 Å². The third-order valence-corrected chi connectivity index (χ3v) is 8.35. The first kappa shape index (κ1) is 26.8. The first-order valence-corrected chi connectivity index (χ1v) is 13.6. The molecule has 0 heterocycles. The summed E-state index contributed by atoms with van der Waals surface area (Å²) < 4.78 is 63.9. The van der Waals surface area contributed by atoms with Gasteiger partial charge in [0.15, 0.2) is 23.2 Å². The standard InChI is InChI=1S/C31H38F4O/c1-3-5-20-6-11-22(12-7-20)25-17-18-26(30(34)29(25)33)23-13-8-21(9-14-23)10-15-24-16-19-27(36-4-2)31(35)28(24)32/h3,5,16-23H,4,6-15H2,1-2H3/b5-3+. The second-order valence-electron chi connectivity index (χ2n) is 10.5. The van der Waals surface area contributed by atoms with Crippen LogP contribution in [-0.4, -0.2) is 6.61 Å². The largest absolute Gasteiger partial charge is 0.491 e. The molecule has 2 aromatic rings. The van der Waals surface area contributed by atoms with Crippen LogP contribution in [0.2, 0.25) is 0 Å². The van der Waals surface area contributed by atoms with Gasteiger partial charge in [0.25, 0.3) is 0 Å². The van der Waals surface area contributed by atoms with Crippen LogP contribution in [0.5, 0.6) is 5.75 Å². The number of hydrogen-bond acceptors (Lipinski definition) is 1. The number of rotatable bonds is 8. The lowest BCUT2D eigenvalue weighted by Crippen LogP contribution is -2.17. The molecule has 2 saturated carbocycles. The Bertz CT molecular complexity index is 1050. The Kier molecular flexibility index (Phi) is 9.14. The highest BCUT2D eigenvalue weighted by Gasteiger charge is 2.29. The van der Waals surface area contributed by atoms with Gasteiger partial charge >= 0.3 is 0 Å². The van der Waals surface area contributed by atoms with Crippen molar-refractivity contribution in [3.63, 3.8) is 0 Å². The Hall–Kier alpha value is -2.30. The molecule has 0 spiro atoms. The average molecular weight is 503 g/mol. The molecule has 0 bridgehead atoms. The summed E-state index contributed by atoms with van der Waals surface area (Å²) >= 11 is 0. The SMILES string of the molecule is C/C=C/C1CCC(c2ccc(C3CCC(CCc4ccc(OCC)c(F)c4F)CC3)c(F)c2F)CC1. The number of hydrogen-bond donors (Lipinski definition) is 0. The van der Waals surface area contributed by atoms with Crippen LogP contribution in [0, 0.1) is 35.1 Å². The van der Waals surface area contributed by atoms with Gasteiger partial charge in [-0.2, -0.15) is 4.39 Å². The third kappa shape index (κ3) is 5.98. The zero-order valence-corrected chi connectivity index (χ0v) is 21.5. The Morgan fingerprint density at radius 1 is 0.750 bits per heavy atom. The van der Waals surface area contributed by atoms with Gasteiger partial charge < -0.3 is 4.74 Å². The van der Waals surface area contributed by atoms with Crippen molar-refractivity contribution in [3.05, 3.63) is 76.4 Å². The molecule has 4 rings (SSSR count). The van der Waals surface area contributed by atoms with Gasteiger partial charge in [0.1, 0.15) is 0 Å². The summed E-state index contributed by atoms with van der Waals surface area (Å²) in [7, 11) is 0. The van der Waals surface area contributed by atoms with Gasteiger partial charge in [-0.1, -0.05) is 30.4 Å². The fourth-order valence-electron chi connectivity index (χ4n) is 6.26. The topological polar surface area (TPSA) is 9.23 Å². The van der Waals surface area contributed by atoms with Gasteiger partial charge in [0.2, 0.25) is 5.82 Å². The number of allylic oxidation sites excluding steroid dienone is 2. The number of aryl methyl sites for hydroxylation is 1. The molecular formula is C31H38F4O. The zero-order chi connectivity index (χ0) is 25.7. The Labute approximate surface area is 212 Å². The van der Waals surface area contributed by atoms with Crippen molar-refractivity contribution in [2.75, 3.05) is 6.61 Å². The third-order valence-electron chi connectivity index (χ3n) is 8.35. The highest BCUT2D eigenvalue weighted by atomic mass is 19.2. The monoisotopic (exact) mass is 502 g/mol. The van der Waals surface area contributed by atoms with Crippen molar-refractivity contribution in [3.8, 4) is 5.75 Å². The number of ether oxygens (including phenoxy) is 1. The maximum absolute atomic E-state index is 15.2. The summed E-state index contributed by atoms with van der Waals surface area (Å²) in [6.07, 6.45) is 12.7. The zero-order valence-electron chi connectivity index (χ0n) is 21.5. The highest BCUT2D eigenvalue weighted by Crippen LogP contribution is 2.42. The molecular weight excluding hydrogens is 464 g/mol. The summed E-state index contributed by atoms with van der Waals surface area (Å²) in [5.41, 5.74) is 1.40. The smallest absolute Gasteiger partial charge is 0.200 e. The summed E-state index contributed by atoms with van der Waals surface area (Å²) in [6.45, 7) is 4.04. The lowest BCUT2D eigenvalue weighted by molar-refractivity contribution is 0.300. The molecule has 1 nitrogen and oxygen atoms in total. The molecule has 2 aliphatic carbocycles. The van der Waals surface area contributed by atoms with Gasteiger partial charge in [-0.25, -0.2) is 13.2 Å². The van der Waals surface area contributed by atoms with Gasteiger partial charge in [-0.3, -0.25) is 0 Å². The van der Waals surface area contributed by atoms with Crippen LogP contribution in [0.4, 0.5) is 17.6 Å². The second kappa shape index (κ2) is 12.3. The molecule has 0 atom stereocenters. The van der Waals surface area contributed by atoms with Gasteiger partial charge in [0, 0.05) is 0 Å². The molecule has 0 radical (unpaired) electrons. The van der Waals surface area contributed by atoms with Crippen LogP contribution in [0.25, 0.3) is 0 Å². The van der Waals surface area contributed by atoms with E-state index in [0.29, 0.717) is 34.9 Å². The van der Waals surface area contributed by atoms with Gasteiger partial charge in [-0.15, -0.1) is 0 Å². The first-order valence-electron chi connectivity index (χ1n) is 13.6. The summed E-state index contributed by atoms with van der Waals surface area (Å²) in [4.78, 5) is 0. The van der Waals surface area contributed by atoms with E-state index in [1.54, 1.807) is 13.0 Å². The molecule has 2 aliphatic rings. The fourth-order valence-corrected chi connectivity index (χ4v) is 6.26. The van der Waals surface area contributed by atoms with Crippen molar-refractivity contribution in [2.24, 2.45) is 11.8 Å². The van der Waals surface area contributed by atoms with E-state index in [9.17, 15) is 8.78 Å². The number of benzene rings is 2. The van der Waals surface area contributed by atoms with Crippen LogP contribution >= 0.6 is 0 Å². The van der Waals surface area contributed by atoms with Gasteiger partial charge in [0.05, 0.1) is 6.61 Å². The summed E-state index contributed by atoms with van der Waals surface area (Å²) in [6, 6.07) is 6.73. The van der Waals surface area contributed by atoms with Crippen LogP contribution in [0.1, 0.15) is 100 Å². The summed E-state index contributed by atoms with van der Waals surface area (Å²) in [5, 5.41) is 0. The average Bonchev–Trinajstić information content (AvgIpc) is 2.89. The molecule has 0 saturated heterocycles.